The van der Waals surface area contributed by atoms with E-state index in [1.165, 1.54) is 6.26 Å². The minimum Gasteiger partial charge on any atom is -0.446 e. The molecule has 6 nitrogen and oxygen atoms in total. The van der Waals surface area contributed by atoms with Crippen molar-refractivity contribution in [1.82, 2.24) is 15.2 Å². The van der Waals surface area contributed by atoms with Crippen LogP contribution in [0.25, 0.3) is 0 Å². The zero-order valence-electron chi connectivity index (χ0n) is 14.5. The van der Waals surface area contributed by atoms with Crippen LogP contribution in [-0.2, 0) is 11.3 Å². The van der Waals surface area contributed by atoms with E-state index in [1.54, 1.807) is 4.90 Å². The molecule has 0 radical (unpaired) electrons. The summed E-state index contributed by atoms with van der Waals surface area (Å²) in [6.45, 7) is 8.06. The second kappa shape index (κ2) is 7.62. The highest BCUT2D eigenvalue weighted by Gasteiger charge is 2.29. The van der Waals surface area contributed by atoms with Gasteiger partial charge >= 0.3 is 0 Å². The Bertz CT molecular complexity index is 545. The van der Waals surface area contributed by atoms with Crippen LogP contribution in [0.3, 0.4) is 0 Å². The van der Waals surface area contributed by atoms with Crippen LogP contribution in [0.4, 0.5) is 0 Å². The van der Waals surface area contributed by atoms with Gasteiger partial charge < -0.3 is 14.6 Å². The number of hydrogen-bond acceptors (Lipinski definition) is 4. The first-order valence-corrected chi connectivity index (χ1v) is 8.44. The number of oxazole rings is 1. The van der Waals surface area contributed by atoms with Gasteiger partial charge in [0.05, 0.1) is 6.54 Å². The predicted molar refractivity (Wildman–Crippen MR) is 86.7 cm³/mol. The van der Waals surface area contributed by atoms with Gasteiger partial charge in [0.2, 0.25) is 11.8 Å². The summed E-state index contributed by atoms with van der Waals surface area (Å²) in [5, 5.41) is 2.77. The molecule has 2 amide bonds. The van der Waals surface area contributed by atoms with Crippen LogP contribution in [0.2, 0.25) is 0 Å². The van der Waals surface area contributed by atoms with Gasteiger partial charge in [0.25, 0.3) is 5.91 Å². The number of rotatable bonds is 6. The average molecular weight is 321 g/mol. The number of nitrogens with zero attached hydrogens (tertiary/aromatic N) is 2. The van der Waals surface area contributed by atoms with Gasteiger partial charge in [-0.2, -0.15) is 0 Å². The van der Waals surface area contributed by atoms with Crippen molar-refractivity contribution in [2.24, 2.45) is 5.92 Å². The second-order valence-electron chi connectivity index (χ2n) is 6.80. The number of amides is 2. The summed E-state index contributed by atoms with van der Waals surface area (Å²) in [5.74, 6) is 0.437. The lowest BCUT2D eigenvalue weighted by Gasteiger charge is -2.28. The van der Waals surface area contributed by atoms with Crippen molar-refractivity contribution in [2.45, 2.75) is 72.0 Å². The van der Waals surface area contributed by atoms with Gasteiger partial charge in [0, 0.05) is 18.0 Å². The number of hydrogen-bond donors (Lipinski definition) is 1. The summed E-state index contributed by atoms with van der Waals surface area (Å²) < 4.78 is 5.39. The third-order valence-corrected chi connectivity index (χ3v) is 4.12. The van der Waals surface area contributed by atoms with E-state index >= 15 is 0 Å². The van der Waals surface area contributed by atoms with Gasteiger partial charge in [-0.25, -0.2) is 4.98 Å². The molecular weight excluding hydrogens is 294 g/mol. The van der Waals surface area contributed by atoms with Crippen molar-refractivity contribution in [3.63, 3.8) is 0 Å². The van der Waals surface area contributed by atoms with E-state index in [9.17, 15) is 9.59 Å². The number of nitrogens with one attached hydrogen (secondary N) is 1. The van der Waals surface area contributed by atoms with Crippen LogP contribution < -0.4 is 5.32 Å². The van der Waals surface area contributed by atoms with Gasteiger partial charge in [-0.3, -0.25) is 9.59 Å². The van der Waals surface area contributed by atoms with E-state index < -0.39 is 0 Å². The Morgan fingerprint density at radius 3 is 2.52 bits per heavy atom. The number of aromatic nitrogens is 1. The van der Waals surface area contributed by atoms with Crippen LogP contribution >= 0.6 is 0 Å². The molecule has 2 rings (SSSR count). The lowest BCUT2D eigenvalue weighted by atomic mass is 10.1. The molecule has 0 aliphatic heterocycles. The molecule has 0 atom stereocenters. The van der Waals surface area contributed by atoms with Gasteiger partial charge in [0.1, 0.15) is 6.26 Å². The van der Waals surface area contributed by atoms with Crippen molar-refractivity contribution in [3.8, 4) is 0 Å². The van der Waals surface area contributed by atoms with E-state index in [2.05, 4.69) is 10.3 Å². The topological polar surface area (TPSA) is 75.4 Å². The SMILES string of the molecule is CC(C)NC(=O)c1coc(CN(C(=O)C2CCCC2)C(C)C)n1. The molecular formula is C17H27N3O3. The van der Waals surface area contributed by atoms with Crippen molar-refractivity contribution in [1.29, 1.82) is 0 Å². The van der Waals surface area contributed by atoms with Crippen molar-refractivity contribution in [3.05, 3.63) is 17.8 Å². The lowest BCUT2D eigenvalue weighted by molar-refractivity contribution is -0.138. The summed E-state index contributed by atoms with van der Waals surface area (Å²) in [6, 6.07) is 0.113. The van der Waals surface area contributed by atoms with Crippen molar-refractivity contribution >= 4 is 11.8 Å². The maximum Gasteiger partial charge on any atom is 0.273 e. The smallest absolute Gasteiger partial charge is 0.273 e. The fourth-order valence-electron chi connectivity index (χ4n) is 2.89. The Balaban J connectivity index is 2.04. The third-order valence-electron chi connectivity index (χ3n) is 4.12. The molecule has 128 valence electrons. The molecule has 0 aromatic carbocycles. The normalized spacial score (nSPS) is 15.4. The molecule has 1 aromatic rings. The molecule has 0 bridgehead atoms. The van der Waals surface area contributed by atoms with E-state index in [0.29, 0.717) is 12.4 Å². The minimum atomic E-state index is -0.256. The van der Waals surface area contributed by atoms with Gasteiger partial charge in [-0.05, 0) is 40.5 Å². The third kappa shape index (κ3) is 4.56. The highest BCUT2D eigenvalue weighted by atomic mass is 16.3. The van der Waals surface area contributed by atoms with E-state index in [-0.39, 0.29) is 35.5 Å². The monoisotopic (exact) mass is 321 g/mol. The Labute approximate surface area is 137 Å². The predicted octanol–water partition coefficient (Wildman–Crippen LogP) is 2.74. The Kier molecular flexibility index (Phi) is 5.80. The second-order valence-corrected chi connectivity index (χ2v) is 6.80. The molecule has 1 aromatic heterocycles. The van der Waals surface area contributed by atoms with Crippen molar-refractivity contribution < 1.29 is 14.0 Å². The largest absolute Gasteiger partial charge is 0.446 e. The molecule has 0 spiro atoms. The van der Waals surface area contributed by atoms with Crippen LogP contribution in [0, 0.1) is 5.92 Å². The average Bonchev–Trinajstić information content (AvgIpc) is 3.14. The summed E-state index contributed by atoms with van der Waals surface area (Å²) >= 11 is 0. The molecule has 1 aliphatic carbocycles. The summed E-state index contributed by atoms with van der Waals surface area (Å²) in [5.41, 5.74) is 0.255. The number of carbonyl (C=O) groups excluding carboxylic acids is 2. The molecule has 6 heteroatoms. The maximum atomic E-state index is 12.7. The standard InChI is InChI=1S/C17H27N3O3/c1-11(2)18-16(21)14-10-23-15(19-14)9-20(12(3)4)17(22)13-7-5-6-8-13/h10-13H,5-9H2,1-4H3,(H,18,21). The highest BCUT2D eigenvalue weighted by molar-refractivity contribution is 5.92. The quantitative estimate of drug-likeness (QED) is 0.874. The number of carbonyl (C=O) groups is 2. The van der Waals surface area contributed by atoms with Crippen LogP contribution in [-0.4, -0.2) is 33.8 Å². The first kappa shape index (κ1) is 17.5. The maximum absolute atomic E-state index is 12.7. The van der Waals surface area contributed by atoms with E-state index in [4.69, 9.17) is 4.42 Å². The van der Waals surface area contributed by atoms with Gasteiger partial charge in [0.15, 0.2) is 5.69 Å². The highest BCUT2D eigenvalue weighted by Crippen LogP contribution is 2.27. The fraction of sp³-hybridized carbons (Fsp3) is 0.706. The van der Waals surface area contributed by atoms with Gasteiger partial charge in [-0.15, -0.1) is 0 Å². The van der Waals surface area contributed by atoms with Crippen LogP contribution in [0.5, 0.6) is 0 Å². The first-order valence-electron chi connectivity index (χ1n) is 8.44. The fourth-order valence-corrected chi connectivity index (χ4v) is 2.89. The molecule has 1 aliphatic rings. The summed E-state index contributed by atoms with van der Waals surface area (Å²) in [7, 11) is 0. The molecule has 1 N–H and O–H groups in total. The zero-order chi connectivity index (χ0) is 17.0. The van der Waals surface area contributed by atoms with E-state index in [1.807, 2.05) is 27.7 Å². The van der Waals surface area contributed by atoms with E-state index in [0.717, 1.165) is 25.7 Å². The molecule has 1 fully saturated rings. The van der Waals surface area contributed by atoms with Crippen LogP contribution in [0.1, 0.15) is 69.8 Å². The first-order chi connectivity index (χ1) is 10.9. The molecule has 0 saturated heterocycles. The van der Waals surface area contributed by atoms with Crippen LogP contribution in [0.15, 0.2) is 10.7 Å². The van der Waals surface area contributed by atoms with Crippen molar-refractivity contribution in [2.75, 3.05) is 0 Å². The Morgan fingerprint density at radius 2 is 1.96 bits per heavy atom. The molecule has 1 saturated carbocycles. The lowest BCUT2D eigenvalue weighted by Crippen LogP contribution is -2.39. The molecule has 0 unspecified atom stereocenters. The Hall–Kier alpha value is -1.85. The molecule has 1 heterocycles. The Morgan fingerprint density at radius 1 is 1.30 bits per heavy atom. The molecule has 23 heavy (non-hydrogen) atoms. The zero-order valence-corrected chi connectivity index (χ0v) is 14.5. The summed E-state index contributed by atoms with van der Waals surface area (Å²) in [4.78, 5) is 30.6. The minimum absolute atomic E-state index is 0.0405. The van der Waals surface area contributed by atoms with Gasteiger partial charge in [-0.1, -0.05) is 12.8 Å². The summed E-state index contributed by atoms with van der Waals surface area (Å²) in [6.07, 6.45) is 5.54.